The molecule has 690 valence electrons. The third kappa shape index (κ3) is 21.6. The Morgan fingerprint density at radius 3 is 1.25 bits per heavy atom. The molecular formula is C96H83N6O31W-. The molecule has 37 nitrogen and oxygen atoms in total. The predicted octanol–water partition coefficient (Wildman–Crippen LogP) is 17.5. The van der Waals surface area contributed by atoms with Crippen LogP contribution in [0.5, 0.6) is 34.5 Å². The number of Topliss-reactive ketones (excluding diaryl/α,β-unsaturated/α-hetero) is 4. The van der Waals surface area contributed by atoms with Crippen molar-refractivity contribution in [2.75, 3.05) is 26.4 Å². The molecule has 2 saturated heterocycles. The summed E-state index contributed by atoms with van der Waals surface area (Å²) in [4.78, 5) is 125. The van der Waals surface area contributed by atoms with Crippen LogP contribution in [0.25, 0.3) is 110 Å². The van der Waals surface area contributed by atoms with Crippen molar-refractivity contribution in [2.24, 2.45) is 0 Å². The quantitative estimate of drug-likeness (QED) is 0.00846. The molecule has 4 amide bonds. The van der Waals surface area contributed by atoms with Crippen LogP contribution in [-0.2, 0) is 81.7 Å². The maximum atomic E-state index is 12.0. The number of benzene rings is 8. The average Bonchev–Trinajstić information content (AvgIpc) is 1.57. The van der Waals surface area contributed by atoms with E-state index in [1.807, 2.05) is 68.4 Å². The Morgan fingerprint density at radius 1 is 0.440 bits per heavy atom. The van der Waals surface area contributed by atoms with Gasteiger partial charge in [-0.15, -0.1) is 0 Å². The Balaban J connectivity index is 0.000000138. The molecule has 134 heavy (non-hydrogen) atoms. The summed E-state index contributed by atoms with van der Waals surface area (Å²) in [5, 5.41) is 74.5. The SMILES string of the molecule is CC(=O)c1c(O)ccc2ccoc12.CC(=O)c1c(O)cccc1O.CCOC(=O)Cc1noc2ccc3ccoc3c12.CCOC(COc1cccc(O)c1C(C)=O)OCC.O=C(O)Cc1noc2ccc3ccoc3c12.O=C1CC(=O)c2c(ccc3ccoc23)O1.O=C1CCC(c2noc3ccc4ccoc4c23)C(=O)N1.O=C1CCC(c2noc3ccc4ccoc4c23)C(=O)N1.[CH3-].[W]. The number of phenolic OH excluding ortho intramolecular Hbond substituents is 4. The zero-order chi connectivity index (χ0) is 93.6. The zero-order valence-electron chi connectivity index (χ0n) is 72.4. The first kappa shape index (κ1) is 96.9. The van der Waals surface area contributed by atoms with Crippen LogP contribution in [-0.4, -0.2) is 144 Å². The number of piperidine rings is 2. The van der Waals surface area contributed by atoms with Crippen LogP contribution in [0, 0.1) is 7.43 Å². The van der Waals surface area contributed by atoms with Gasteiger partial charge in [0.15, 0.2) is 51.8 Å². The summed E-state index contributed by atoms with van der Waals surface area (Å²) in [6.07, 6.45) is 10.0. The fraction of sp³-hybridized carbons (Fsp3) is 0.208. The number of rotatable bonds is 17. The number of esters is 2. The zero-order valence-corrected chi connectivity index (χ0v) is 75.3. The summed E-state index contributed by atoms with van der Waals surface area (Å²) in [5.74, 6) is -4.82. The number of carboxylic acid groups (broad SMARTS) is 1. The van der Waals surface area contributed by atoms with Crippen LogP contribution < -0.4 is 20.1 Å². The van der Waals surface area contributed by atoms with Gasteiger partial charge in [-0.05, 0) is 188 Å². The molecule has 2 atom stereocenters. The van der Waals surface area contributed by atoms with Gasteiger partial charge in [-0.1, -0.05) is 32.8 Å². The number of carbonyl (C=O) groups excluding carboxylic acids is 10. The molecule has 0 aliphatic carbocycles. The monoisotopic (exact) mass is 2000 g/mol. The number of carboxylic acids is 1. The number of aliphatic carboxylic acids is 1. The van der Waals surface area contributed by atoms with Gasteiger partial charge < -0.3 is 101 Å². The van der Waals surface area contributed by atoms with Crippen molar-refractivity contribution in [1.29, 1.82) is 0 Å². The van der Waals surface area contributed by atoms with Crippen molar-refractivity contribution in [3.8, 4) is 34.5 Å². The fourth-order valence-electron chi connectivity index (χ4n) is 14.8. The van der Waals surface area contributed by atoms with Gasteiger partial charge in [-0.25, -0.2) is 0 Å². The molecule has 38 heteroatoms. The fourth-order valence-corrected chi connectivity index (χ4v) is 14.8. The largest absolute Gasteiger partial charge is 0.507 e. The second-order valence-electron chi connectivity index (χ2n) is 29.4. The van der Waals surface area contributed by atoms with Gasteiger partial charge in [-0.3, -0.25) is 63.4 Å². The molecule has 2 unspecified atom stereocenters. The van der Waals surface area contributed by atoms with Crippen molar-refractivity contribution in [3.63, 3.8) is 0 Å². The number of hydrogen-bond acceptors (Lipinski definition) is 34. The Kier molecular flexibility index (Phi) is 31.5. The van der Waals surface area contributed by atoms with Crippen molar-refractivity contribution in [1.82, 2.24) is 31.3 Å². The van der Waals surface area contributed by atoms with E-state index in [0.29, 0.717) is 157 Å². The van der Waals surface area contributed by atoms with Gasteiger partial charge >= 0.3 is 17.9 Å². The molecule has 0 radical (unpaired) electrons. The molecule has 13 heterocycles. The molecule has 2 fully saturated rings. The Hall–Kier alpha value is -16.1. The standard InChI is InChI=1S/2C14H10N2O4.C14H20O5.C13H11NO4.C11H7NO4.C11H6O4.C10H8O3.C8H8O3.CH3.W/c2*17-10-4-2-8(14(18)15-10)12-11-9(20-16-12)3-1-7-5-6-19-13(7)11;1-4-17-13(18-5-2)9-19-12-8-6-7-11(16)14(12)10(3)15;1-2-16-11(15)7-9-12-10(18-14-9)4-3-8-5-6-17-13(8)12;13-9(14)5-7-10-8(16-12-7)2-1-6-3-4-15-11(6)10;12-7-5-9(13)15-8-2-1-6-3-4-14-11(6)10(7)8;1-6(11)9-8(12)3-2-7-4-5-13-10(7)9;1-5(9)8-6(10)3-2-4-7(8)11;;/h2*1,3,5-6,8H,2,4H2,(H,15,17,18);6-8,13,16H,4-5,9H2,1-3H3;3-6H,2,7H2,1H3;1-4H,5H2,(H,13,14);1-4H,5H2;2-5,12H,1H3;2-4,10-11H,1H3;1H3;/q;;;;;;;;-1;. The molecule has 7 N–H and O–H groups in total. The Labute approximate surface area is 770 Å². The molecule has 10 aromatic heterocycles. The van der Waals surface area contributed by atoms with Gasteiger partial charge in [0.1, 0.15) is 126 Å². The Morgan fingerprint density at radius 2 is 0.821 bits per heavy atom. The number of aromatic nitrogens is 4. The molecule has 3 aliphatic rings. The molecule has 0 spiro atoms. The van der Waals surface area contributed by atoms with Crippen molar-refractivity contribution in [2.45, 2.75) is 105 Å². The number of nitrogens with zero attached hydrogens (tertiary/aromatic N) is 4. The number of ketones is 4. The summed E-state index contributed by atoms with van der Waals surface area (Å²) in [7, 11) is 0. The van der Waals surface area contributed by atoms with E-state index in [-0.39, 0.29) is 147 Å². The van der Waals surface area contributed by atoms with E-state index >= 15 is 0 Å². The average molecular weight is 2000 g/mol. The molecule has 18 aromatic rings. The minimum absolute atomic E-state index is 0. The number of phenols is 4. The summed E-state index contributed by atoms with van der Waals surface area (Å²) in [6, 6.07) is 41.0. The second kappa shape index (κ2) is 43.5. The first-order valence-electron chi connectivity index (χ1n) is 40.9. The number of nitrogens with one attached hydrogen (secondary N) is 2. The van der Waals surface area contributed by atoms with Gasteiger partial charge in [0.25, 0.3) is 0 Å². The number of fused-ring (bicyclic) bond motifs is 16. The van der Waals surface area contributed by atoms with E-state index in [2.05, 4.69) is 31.3 Å². The van der Waals surface area contributed by atoms with Crippen LogP contribution in [0.1, 0.15) is 150 Å². The molecular weight excluding hydrogens is 1920 g/mol. The third-order valence-electron chi connectivity index (χ3n) is 20.6. The molecule has 0 saturated carbocycles. The van der Waals surface area contributed by atoms with E-state index < -0.39 is 30.1 Å². The maximum Gasteiger partial charge on any atom is 0.319 e. The van der Waals surface area contributed by atoms with E-state index in [1.165, 1.54) is 63.6 Å². The number of hydrogen-bond donors (Lipinski definition) is 7. The molecule has 0 bridgehead atoms. The van der Waals surface area contributed by atoms with Crippen LogP contribution in [0.3, 0.4) is 0 Å². The number of aromatic hydroxyl groups is 4. The van der Waals surface area contributed by atoms with E-state index in [0.717, 1.165) is 37.7 Å². The molecule has 3 aliphatic heterocycles. The first-order chi connectivity index (χ1) is 63.7. The summed E-state index contributed by atoms with van der Waals surface area (Å²) >= 11 is 0. The van der Waals surface area contributed by atoms with Gasteiger partial charge in [0, 0.05) is 79.4 Å². The second-order valence-corrected chi connectivity index (χ2v) is 29.4. The number of furan rings is 6. The molecule has 21 rings (SSSR count). The molecule has 8 aromatic carbocycles. The van der Waals surface area contributed by atoms with E-state index in [1.54, 1.807) is 92.6 Å². The number of ether oxygens (including phenoxy) is 5. The first-order valence-corrected chi connectivity index (χ1v) is 40.9. The van der Waals surface area contributed by atoms with Crippen LogP contribution in [0.15, 0.2) is 228 Å². The number of carbonyl (C=O) groups is 11. The van der Waals surface area contributed by atoms with Crippen molar-refractivity contribution >= 4 is 174 Å². The topological polar surface area (TPSA) is 542 Å². The smallest absolute Gasteiger partial charge is 0.319 e. The van der Waals surface area contributed by atoms with E-state index in [4.69, 9.17) is 83.6 Å². The summed E-state index contributed by atoms with van der Waals surface area (Å²) in [5.41, 5.74) is 8.65. The van der Waals surface area contributed by atoms with Crippen LogP contribution in [0.4, 0.5) is 0 Å². The predicted molar refractivity (Wildman–Crippen MR) is 473 cm³/mol. The normalized spacial score (nSPS) is 13.8. The number of amides is 4. The van der Waals surface area contributed by atoms with E-state index in [9.17, 15) is 63.0 Å². The third-order valence-corrected chi connectivity index (χ3v) is 20.6. The van der Waals surface area contributed by atoms with Gasteiger partial charge in [0.2, 0.25) is 23.6 Å². The van der Waals surface area contributed by atoms with Crippen LogP contribution in [0.2, 0.25) is 0 Å². The summed E-state index contributed by atoms with van der Waals surface area (Å²) in [6.45, 7) is 11.1. The Bertz CT molecular complexity index is 7240. The minimum Gasteiger partial charge on any atom is -0.507 e. The maximum absolute atomic E-state index is 12.0. The van der Waals surface area contributed by atoms with Crippen molar-refractivity contribution in [3.05, 3.63) is 236 Å². The van der Waals surface area contributed by atoms with Crippen molar-refractivity contribution < 1.29 is 168 Å². The van der Waals surface area contributed by atoms with Crippen LogP contribution >= 0.6 is 0 Å². The number of imide groups is 2. The van der Waals surface area contributed by atoms with Gasteiger partial charge in [-0.2, -0.15) is 0 Å². The summed E-state index contributed by atoms with van der Waals surface area (Å²) < 4.78 is 78.9. The minimum atomic E-state index is -0.946. The van der Waals surface area contributed by atoms with Gasteiger partial charge in [0.05, 0.1) is 90.4 Å².